The molecule has 2 saturated carbocycles. The summed E-state index contributed by atoms with van der Waals surface area (Å²) in [6.07, 6.45) is 15.2. The van der Waals surface area contributed by atoms with Gasteiger partial charge in [0.25, 0.3) is 0 Å². The van der Waals surface area contributed by atoms with Crippen LogP contribution in [0.25, 0.3) is 44.3 Å². The zero-order valence-electron chi connectivity index (χ0n) is 47.4. The van der Waals surface area contributed by atoms with E-state index >= 15 is 0 Å². The Morgan fingerprint density at radius 2 is 1.15 bits per heavy atom. The number of carbonyl (C=O) groups excluding carboxylic acids is 2. The molecule has 0 aliphatic heterocycles. The van der Waals surface area contributed by atoms with Crippen molar-refractivity contribution in [3.63, 3.8) is 0 Å². The summed E-state index contributed by atoms with van der Waals surface area (Å²) in [5.74, 6) is 2.24. The molecule has 0 unspecified atom stereocenters. The lowest BCUT2D eigenvalue weighted by Crippen LogP contribution is -2.46. The summed E-state index contributed by atoms with van der Waals surface area (Å²) in [7, 11) is 15.7. The van der Waals surface area contributed by atoms with E-state index < -0.39 is 0 Å². The van der Waals surface area contributed by atoms with Gasteiger partial charge in [-0.25, -0.2) is 19.9 Å². The van der Waals surface area contributed by atoms with Gasteiger partial charge in [-0.15, -0.1) is 0 Å². The van der Waals surface area contributed by atoms with Crippen LogP contribution < -0.4 is 29.9 Å². The SMILES string of the molecule is C=CC(=O)Nc1cc(Cc2nccc(-c3cn(C4CC4)c4ccccc34)n2)c(OC)cc1N(C)CC[N+](C)(C)CCC(=O)Nc1cc(Cc2nccc(-c3cn(C4CC4)c4ccccc34)n2)c(OC)cc1N(C)CCN(C)C.[CH3+]. The third kappa shape index (κ3) is 12.7. The van der Waals surface area contributed by atoms with Crippen LogP contribution >= 0.6 is 0 Å². The van der Waals surface area contributed by atoms with Crippen LogP contribution in [0.2, 0.25) is 0 Å². The first-order valence-corrected chi connectivity index (χ1v) is 27.1. The van der Waals surface area contributed by atoms with Crippen molar-refractivity contribution in [3.05, 3.63) is 153 Å². The fourth-order valence-corrected chi connectivity index (χ4v) is 10.4. The molecule has 410 valence electrons. The van der Waals surface area contributed by atoms with Crippen molar-refractivity contribution in [2.24, 2.45) is 0 Å². The molecule has 0 radical (unpaired) electrons. The van der Waals surface area contributed by atoms with Crippen LogP contribution in [0.15, 0.2) is 122 Å². The van der Waals surface area contributed by atoms with Gasteiger partial charge >= 0.3 is 0 Å². The maximum atomic E-state index is 14.1. The number of benzene rings is 4. The Morgan fingerprint density at radius 1 is 0.671 bits per heavy atom. The number of fused-ring (bicyclic) bond motifs is 2. The van der Waals surface area contributed by atoms with Gasteiger partial charge in [0.1, 0.15) is 23.1 Å². The van der Waals surface area contributed by atoms with E-state index in [1.165, 1.54) is 53.6 Å². The number of para-hydroxylation sites is 2. The molecule has 2 aliphatic carbocycles. The summed E-state index contributed by atoms with van der Waals surface area (Å²) in [4.78, 5) is 53.1. The second-order valence-electron chi connectivity index (χ2n) is 21.8. The Bertz CT molecular complexity index is 3500. The third-order valence-corrected chi connectivity index (χ3v) is 15.2. The number of methoxy groups -OCH3 is 2. The minimum atomic E-state index is -0.323. The van der Waals surface area contributed by atoms with E-state index in [-0.39, 0.29) is 25.7 Å². The van der Waals surface area contributed by atoms with Crippen molar-refractivity contribution in [2.45, 2.75) is 57.0 Å². The van der Waals surface area contributed by atoms with E-state index in [0.29, 0.717) is 83.6 Å². The summed E-state index contributed by atoms with van der Waals surface area (Å²) in [5, 5.41) is 8.70. The Kier molecular flexibility index (Phi) is 16.7. The molecule has 4 aromatic heterocycles. The lowest BCUT2D eigenvalue weighted by molar-refractivity contribution is -0.888. The van der Waals surface area contributed by atoms with Gasteiger partial charge in [0, 0.05) is 141 Å². The van der Waals surface area contributed by atoms with E-state index in [9.17, 15) is 9.59 Å². The summed E-state index contributed by atoms with van der Waals surface area (Å²) < 4.78 is 17.4. The predicted octanol–water partition coefficient (Wildman–Crippen LogP) is 10.5. The fourth-order valence-electron chi connectivity index (χ4n) is 10.4. The molecule has 0 atom stereocenters. The van der Waals surface area contributed by atoms with Gasteiger partial charge in [0.05, 0.1) is 88.5 Å². The molecule has 10 rings (SSSR count). The largest absolute Gasteiger partial charge is 0.496 e. The zero-order valence-corrected chi connectivity index (χ0v) is 47.4. The molecule has 16 heteroatoms. The van der Waals surface area contributed by atoms with Gasteiger partial charge in [-0.1, -0.05) is 43.0 Å². The number of ether oxygens (including phenoxy) is 2. The zero-order chi connectivity index (χ0) is 54.7. The molecule has 2 fully saturated rings. The van der Waals surface area contributed by atoms with Crippen LogP contribution in [0.1, 0.15) is 67.0 Å². The number of likely N-dealkylation sites (N-methyl/N-ethyl adjacent to an activating group) is 4. The average molecular weight is 1070 g/mol. The van der Waals surface area contributed by atoms with E-state index in [2.05, 4.69) is 135 Å². The van der Waals surface area contributed by atoms with Gasteiger partial charge in [-0.05, 0) is 82.3 Å². The Labute approximate surface area is 465 Å². The highest BCUT2D eigenvalue weighted by molar-refractivity contribution is 6.02. The molecule has 2 aliphatic rings. The van der Waals surface area contributed by atoms with Crippen molar-refractivity contribution in [3.8, 4) is 34.0 Å². The first-order valence-electron chi connectivity index (χ1n) is 27.1. The molecule has 0 saturated heterocycles. The highest BCUT2D eigenvalue weighted by Gasteiger charge is 2.29. The predicted molar refractivity (Wildman–Crippen MR) is 319 cm³/mol. The number of hydrogen-bond acceptors (Lipinski definition) is 11. The van der Waals surface area contributed by atoms with Crippen LogP contribution in [-0.4, -0.2) is 139 Å². The standard InChI is InChI=1S/C62H72N12O4.CH3/c1-10-61(75)67-51-33-41(35-59-63-26-23-49(65-59)47-39-72(43-19-20-43)53-17-13-11-15-45(47)53)58(78-9)38-56(51)71(5)30-32-74(6,7)31-25-62(76)68-52-34-42(57(77-8)37-55(52)70(4)29-28-69(2)3)36-60-64-27-24-50(66-60)48-40-73(44-21-22-44)54-18-14-12-16-46(48)54;/h10-18,23-24,26-27,33-34,37-40,43-44H,1,19-22,25,28-32,35-36H2,2-9H3,(H-,67,68,75,76);1H3/q;+1/p+1. The number of nitrogens with zero attached hydrogens (tertiary/aromatic N) is 10. The smallest absolute Gasteiger partial charge is 0.247 e. The summed E-state index contributed by atoms with van der Waals surface area (Å²) in [5.41, 5.74) is 11.0. The van der Waals surface area contributed by atoms with Crippen LogP contribution in [-0.2, 0) is 22.4 Å². The van der Waals surface area contributed by atoms with E-state index in [1.54, 1.807) is 14.2 Å². The summed E-state index contributed by atoms with van der Waals surface area (Å²) >= 11 is 0. The van der Waals surface area contributed by atoms with Gasteiger partial charge in [-0.2, -0.15) is 0 Å². The third-order valence-electron chi connectivity index (χ3n) is 15.2. The number of amides is 2. The van der Waals surface area contributed by atoms with Crippen LogP contribution in [0.5, 0.6) is 11.5 Å². The van der Waals surface area contributed by atoms with Crippen LogP contribution in [0.3, 0.4) is 0 Å². The Balaban J connectivity index is 0.00000757. The van der Waals surface area contributed by atoms with Crippen molar-refractivity contribution in [1.29, 1.82) is 0 Å². The van der Waals surface area contributed by atoms with Gasteiger partial charge < -0.3 is 48.4 Å². The Morgan fingerprint density at radius 3 is 1.62 bits per heavy atom. The molecule has 8 aromatic rings. The summed E-state index contributed by atoms with van der Waals surface area (Å²) in [6.45, 7) is 7.17. The Hall–Kier alpha value is -8.21. The topological polar surface area (TPSA) is 148 Å². The number of quaternary nitrogens is 1. The van der Waals surface area contributed by atoms with E-state index in [4.69, 9.17) is 24.4 Å². The van der Waals surface area contributed by atoms with Crippen molar-refractivity contribution >= 4 is 56.4 Å². The molecule has 0 bridgehead atoms. The number of rotatable bonds is 24. The van der Waals surface area contributed by atoms with Gasteiger partial charge in [-0.3, -0.25) is 9.59 Å². The number of carbonyl (C=O) groups is 2. The van der Waals surface area contributed by atoms with Crippen molar-refractivity contribution in [1.82, 2.24) is 34.0 Å². The van der Waals surface area contributed by atoms with E-state index in [0.717, 1.165) is 58.1 Å². The molecular weight excluding hydrogens is 989 g/mol. The van der Waals surface area contributed by atoms with Crippen molar-refractivity contribution in [2.75, 3.05) is 110 Å². The monoisotopic (exact) mass is 1060 g/mol. The number of nitrogens with one attached hydrogen (secondary N) is 2. The first kappa shape index (κ1) is 55.5. The lowest BCUT2D eigenvalue weighted by atomic mass is 10.1. The van der Waals surface area contributed by atoms with Crippen LogP contribution in [0, 0.1) is 7.43 Å². The first-order chi connectivity index (χ1) is 37.7. The van der Waals surface area contributed by atoms with Gasteiger partial charge in [0.15, 0.2) is 0 Å². The van der Waals surface area contributed by atoms with Crippen molar-refractivity contribution < 1.29 is 23.5 Å². The minimum Gasteiger partial charge on any atom is -0.496 e. The minimum absolute atomic E-state index is 0. The molecule has 2 N–H and O–H groups in total. The van der Waals surface area contributed by atoms with E-state index in [1.807, 2.05) is 62.9 Å². The van der Waals surface area contributed by atoms with Gasteiger partial charge in [0.2, 0.25) is 11.8 Å². The second kappa shape index (κ2) is 23.8. The molecule has 16 nitrogen and oxygen atoms in total. The lowest BCUT2D eigenvalue weighted by Gasteiger charge is -2.33. The average Bonchev–Trinajstić information content (AvgIpc) is 4.46. The van der Waals surface area contributed by atoms with Crippen LogP contribution in [0.4, 0.5) is 22.7 Å². The summed E-state index contributed by atoms with van der Waals surface area (Å²) in [6, 6.07) is 30.0. The number of hydrogen-bond donors (Lipinski definition) is 2. The highest BCUT2D eigenvalue weighted by Crippen LogP contribution is 2.43. The molecule has 2 amide bonds. The molecular formula is C63H76N12O4+2. The highest BCUT2D eigenvalue weighted by atomic mass is 16.5. The molecule has 0 spiro atoms. The number of aromatic nitrogens is 6. The normalized spacial score (nSPS) is 13.3. The number of anilines is 4. The molecule has 4 heterocycles. The fraction of sp³-hybridized carbons (Fsp3) is 0.349. The molecule has 79 heavy (non-hydrogen) atoms. The maximum absolute atomic E-state index is 14.1. The quantitative estimate of drug-likeness (QED) is 0.0339. The second-order valence-corrected chi connectivity index (χ2v) is 21.8. The maximum Gasteiger partial charge on any atom is 0.247 e. The molecule has 4 aromatic carbocycles.